The summed E-state index contributed by atoms with van der Waals surface area (Å²) in [5, 5.41) is 2.89. The fraction of sp³-hybridized carbons (Fsp3) is 0.421. The number of aromatic nitrogens is 2. The lowest BCUT2D eigenvalue weighted by molar-refractivity contribution is 0.178. The molecule has 2 amide bonds. The van der Waals surface area contributed by atoms with Crippen molar-refractivity contribution in [3.8, 4) is 0 Å². The second-order valence-electron chi connectivity index (χ2n) is 7.24. The van der Waals surface area contributed by atoms with Gasteiger partial charge >= 0.3 is 11.7 Å². The number of carbonyl (C=O) groups is 1. The number of rotatable bonds is 6. The van der Waals surface area contributed by atoms with Gasteiger partial charge in [0.15, 0.2) is 0 Å². The lowest BCUT2D eigenvalue weighted by atomic mass is 9.99. The third kappa shape index (κ3) is 6.40. The van der Waals surface area contributed by atoms with Crippen molar-refractivity contribution in [1.29, 1.82) is 0 Å². The number of amides is 2. The van der Waals surface area contributed by atoms with Crippen LogP contribution in [0.1, 0.15) is 18.4 Å². The molecule has 1 aromatic carbocycles. The van der Waals surface area contributed by atoms with E-state index in [0.29, 0.717) is 31.9 Å². The van der Waals surface area contributed by atoms with Crippen molar-refractivity contribution in [2.45, 2.75) is 19.4 Å². The predicted octanol–water partition coefficient (Wildman–Crippen LogP) is 1.08. The van der Waals surface area contributed by atoms with Crippen LogP contribution in [0.3, 0.4) is 0 Å². The molecule has 1 atom stereocenters. The van der Waals surface area contributed by atoms with Gasteiger partial charge in [0.2, 0.25) is 10.0 Å². The van der Waals surface area contributed by atoms with E-state index in [4.69, 9.17) is 0 Å². The number of likely N-dealkylation sites (tertiary alicyclic amines) is 1. The normalized spacial score (nSPS) is 17.1. The van der Waals surface area contributed by atoms with E-state index in [2.05, 4.69) is 15.0 Å². The first-order valence-corrected chi connectivity index (χ1v) is 11.3. The monoisotopic (exact) mass is 419 g/mol. The number of hydrogen-bond acceptors (Lipinski definition) is 5. The minimum Gasteiger partial charge on any atom is -0.324 e. The van der Waals surface area contributed by atoms with E-state index >= 15 is 0 Å². The zero-order valence-corrected chi connectivity index (χ0v) is 17.1. The van der Waals surface area contributed by atoms with Crippen molar-refractivity contribution >= 4 is 21.7 Å². The van der Waals surface area contributed by atoms with Crippen molar-refractivity contribution in [2.24, 2.45) is 5.92 Å². The Balaban J connectivity index is 1.60. The fourth-order valence-electron chi connectivity index (χ4n) is 3.34. The van der Waals surface area contributed by atoms with Crippen LogP contribution in [0.2, 0.25) is 0 Å². The largest absolute Gasteiger partial charge is 0.347 e. The second kappa shape index (κ2) is 9.19. The summed E-state index contributed by atoms with van der Waals surface area (Å²) >= 11 is 0. The first-order chi connectivity index (χ1) is 13.8. The first-order valence-electron chi connectivity index (χ1n) is 9.41. The van der Waals surface area contributed by atoms with Crippen molar-refractivity contribution < 1.29 is 13.2 Å². The minimum atomic E-state index is -3.24. The Morgan fingerprint density at radius 3 is 2.90 bits per heavy atom. The highest BCUT2D eigenvalue weighted by atomic mass is 32.2. The molecule has 0 aliphatic carbocycles. The third-order valence-electron chi connectivity index (χ3n) is 4.75. The Morgan fingerprint density at radius 1 is 1.31 bits per heavy atom. The van der Waals surface area contributed by atoms with Crippen LogP contribution in [0.15, 0.2) is 47.5 Å². The number of piperidine rings is 1. The van der Waals surface area contributed by atoms with Crippen LogP contribution >= 0.6 is 0 Å². The van der Waals surface area contributed by atoms with E-state index in [9.17, 15) is 18.0 Å². The molecule has 3 rings (SSSR count). The van der Waals surface area contributed by atoms with Gasteiger partial charge in [0.25, 0.3) is 0 Å². The highest BCUT2D eigenvalue weighted by Gasteiger charge is 2.24. The van der Waals surface area contributed by atoms with Crippen molar-refractivity contribution in [3.05, 3.63) is 58.8 Å². The molecule has 0 saturated carbocycles. The van der Waals surface area contributed by atoms with Gasteiger partial charge in [0, 0.05) is 37.7 Å². The molecule has 156 valence electrons. The maximum absolute atomic E-state index is 12.6. The number of nitrogens with zero attached hydrogens (tertiary/aromatic N) is 3. The molecule has 1 fully saturated rings. The Kier molecular flexibility index (Phi) is 6.65. The van der Waals surface area contributed by atoms with E-state index in [1.165, 1.54) is 10.8 Å². The molecule has 2 aromatic rings. The van der Waals surface area contributed by atoms with E-state index in [0.717, 1.165) is 24.7 Å². The predicted molar refractivity (Wildman–Crippen MR) is 110 cm³/mol. The molecule has 0 bridgehead atoms. The minimum absolute atomic E-state index is 0.0908. The first kappa shape index (κ1) is 21.0. The smallest absolute Gasteiger partial charge is 0.324 e. The summed E-state index contributed by atoms with van der Waals surface area (Å²) in [5.74, 6) is 0.0908. The van der Waals surface area contributed by atoms with Crippen molar-refractivity contribution in [1.82, 2.24) is 19.2 Å². The zero-order valence-electron chi connectivity index (χ0n) is 16.2. The van der Waals surface area contributed by atoms with Gasteiger partial charge in [0.1, 0.15) is 0 Å². The number of carbonyl (C=O) groups excluding carboxylic acids is 1. The molecule has 9 nitrogen and oxygen atoms in total. The number of nitrogens with one attached hydrogen (secondary N) is 2. The number of sulfonamides is 1. The lowest BCUT2D eigenvalue weighted by Crippen LogP contribution is -2.45. The summed E-state index contributed by atoms with van der Waals surface area (Å²) in [5.41, 5.74) is 1.18. The van der Waals surface area contributed by atoms with Crippen LogP contribution in [-0.4, -0.2) is 54.8 Å². The molecule has 0 spiro atoms. The van der Waals surface area contributed by atoms with Crippen molar-refractivity contribution in [3.63, 3.8) is 0 Å². The molecule has 0 unspecified atom stereocenters. The van der Waals surface area contributed by atoms with E-state index in [1.54, 1.807) is 23.2 Å². The van der Waals surface area contributed by atoms with Gasteiger partial charge in [0.05, 0.1) is 12.8 Å². The van der Waals surface area contributed by atoms with Gasteiger partial charge < -0.3 is 10.2 Å². The summed E-state index contributed by atoms with van der Waals surface area (Å²) in [6.07, 6.45) is 5.95. The average Bonchev–Trinajstić information content (AvgIpc) is 2.68. The van der Waals surface area contributed by atoms with Gasteiger partial charge in [-0.25, -0.2) is 27.7 Å². The van der Waals surface area contributed by atoms with Crippen LogP contribution in [-0.2, 0) is 16.6 Å². The summed E-state index contributed by atoms with van der Waals surface area (Å²) in [7, 11) is -3.24. The summed E-state index contributed by atoms with van der Waals surface area (Å²) < 4.78 is 26.6. The molecule has 1 aliphatic rings. The van der Waals surface area contributed by atoms with Crippen LogP contribution in [0.25, 0.3) is 0 Å². The zero-order chi connectivity index (χ0) is 20.9. The average molecular weight is 420 g/mol. The summed E-state index contributed by atoms with van der Waals surface area (Å²) in [6, 6.07) is 8.79. The Labute approximate surface area is 169 Å². The standard InChI is InChI=1S/C19H25N5O4S/c1-29(27,28)21-12-16-6-3-9-24(14-16)19(26)22-17-7-2-5-15(11-17)13-23-10-4-8-20-18(23)25/h2,4-5,7-8,10-11,16,21H,3,6,9,12-14H2,1H3,(H,22,26)/t16-/m1/s1. The van der Waals surface area contributed by atoms with Crippen LogP contribution in [0.5, 0.6) is 0 Å². The molecular weight excluding hydrogens is 394 g/mol. The van der Waals surface area contributed by atoms with E-state index in [1.807, 2.05) is 18.2 Å². The molecule has 2 heterocycles. The molecule has 10 heteroatoms. The van der Waals surface area contributed by atoms with Gasteiger partial charge in [-0.2, -0.15) is 0 Å². The van der Waals surface area contributed by atoms with Crippen LogP contribution in [0, 0.1) is 5.92 Å². The number of urea groups is 1. The fourth-order valence-corrected chi connectivity index (χ4v) is 3.88. The maximum atomic E-state index is 12.6. The molecule has 1 saturated heterocycles. The van der Waals surface area contributed by atoms with Gasteiger partial charge in [-0.3, -0.25) is 4.57 Å². The number of benzene rings is 1. The maximum Gasteiger partial charge on any atom is 0.347 e. The van der Waals surface area contributed by atoms with Crippen molar-refractivity contribution in [2.75, 3.05) is 31.2 Å². The van der Waals surface area contributed by atoms with Gasteiger partial charge in [-0.15, -0.1) is 0 Å². The van der Waals surface area contributed by atoms with E-state index in [-0.39, 0.29) is 17.6 Å². The number of anilines is 1. The number of hydrogen-bond donors (Lipinski definition) is 2. The highest BCUT2D eigenvalue weighted by Crippen LogP contribution is 2.18. The van der Waals surface area contributed by atoms with E-state index < -0.39 is 10.0 Å². The summed E-state index contributed by atoms with van der Waals surface area (Å²) in [4.78, 5) is 29.9. The molecule has 0 radical (unpaired) electrons. The van der Waals surface area contributed by atoms with Crippen LogP contribution in [0.4, 0.5) is 10.5 Å². The van der Waals surface area contributed by atoms with Gasteiger partial charge in [-0.05, 0) is 42.5 Å². The Hall–Kier alpha value is -2.72. The molecule has 2 N–H and O–H groups in total. The molecule has 29 heavy (non-hydrogen) atoms. The Bertz CT molecular complexity index is 1020. The molecular formula is C19H25N5O4S. The SMILES string of the molecule is CS(=O)(=O)NC[C@H]1CCCN(C(=O)Nc2cccc(Cn3cccnc3=O)c2)C1. The van der Waals surface area contributed by atoms with Gasteiger partial charge in [-0.1, -0.05) is 12.1 Å². The van der Waals surface area contributed by atoms with Crippen LogP contribution < -0.4 is 15.7 Å². The Morgan fingerprint density at radius 2 is 2.14 bits per heavy atom. The highest BCUT2D eigenvalue weighted by molar-refractivity contribution is 7.88. The third-order valence-corrected chi connectivity index (χ3v) is 5.45. The second-order valence-corrected chi connectivity index (χ2v) is 9.07. The molecule has 1 aliphatic heterocycles. The lowest BCUT2D eigenvalue weighted by Gasteiger charge is -2.32. The topological polar surface area (TPSA) is 113 Å². The molecule has 1 aromatic heterocycles. The summed E-state index contributed by atoms with van der Waals surface area (Å²) in [6.45, 7) is 1.82. The quantitative estimate of drug-likeness (QED) is 0.728.